The van der Waals surface area contributed by atoms with Crippen molar-refractivity contribution in [2.24, 2.45) is 0 Å². The monoisotopic (exact) mass is 417 g/mol. The number of carbonyl (C=O) groups excluding carboxylic acids is 2. The lowest BCUT2D eigenvalue weighted by Crippen LogP contribution is -2.46. The summed E-state index contributed by atoms with van der Waals surface area (Å²) in [6.45, 7) is 1.05. The Hall–Kier alpha value is -2.51. The first-order valence-electron chi connectivity index (χ1n) is 8.90. The number of halogens is 2. The van der Waals surface area contributed by atoms with Gasteiger partial charge >= 0.3 is 0 Å². The van der Waals surface area contributed by atoms with Crippen molar-refractivity contribution in [2.75, 3.05) is 13.1 Å². The van der Waals surface area contributed by atoms with Crippen LogP contribution in [0.4, 0.5) is 4.39 Å². The summed E-state index contributed by atoms with van der Waals surface area (Å²) in [5.41, 5.74) is 0.519. The lowest BCUT2D eigenvalue weighted by Gasteiger charge is -2.32. The minimum atomic E-state index is -0.352. The first kappa shape index (κ1) is 18.8. The molecule has 1 aliphatic rings. The van der Waals surface area contributed by atoms with E-state index in [1.54, 1.807) is 29.3 Å². The van der Waals surface area contributed by atoms with Crippen molar-refractivity contribution in [1.82, 2.24) is 15.2 Å². The molecule has 144 valence electrons. The van der Waals surface area contributed by atoms with Gasteiger partial charge in [0.25, 0.3) is 11.8 Å². The molecule has 2 amide bonds. The van der Waals surface area contributed by atoms with Crippen LogP contribution in [0.5, 0.6) is 0 Å². The minimum absolute atomic E-state index is 0.00346. The lowest BCUT2D eigenvalue weighted by atomic mass is 10.0. The molecule has 1 aliphatic heterocycles. The second-order valence-corrected chi connectivity index (χ2v) is 8.10. The highest BCUT2D eigenvalue weighted by Gasteiger charge is 2.27. The van der Waals surface area contributed by atoms with Crippen LogP contribution in [0.25, 0.3) is 10.1 Å². The largest absolute Gasteiger partial charge is 0.349 e. The predicted molar refractivity (Wildman–Crippen MR) is 107 cm³/mol. The molecule has 0 spiro atoms. The Morgan fingerprint density at radius 1 is 1.25 bits per heavy atom. The molecule has 0 saturated carbocycles. The van der Waals surface area contributed by atoms with Gasteiger partial charge < -0.3 is 10.2 Å². The number of nitrogens with zero attached hydrogens (tertiary/aromatic N) is 2. The third-order valence-corrected chi connectivity index (χ3v) is 6.47. The number of hydrogen-bond donors (Lipinski definition) is 1. The summed E-state index contributed by atoms with van der Waals surface area (Å²) in [6, 6.07) is 7.77. The Morgan fingerprint density at radius 2 is 2.04 bits per heavy atom. The molecule has 3 heterocycles. The first-order chi connectivity index (χ1) is 13.5. The predicted octanol–water partition coefficient (Wildman–Crippen LogP) is 4.12. The van der Waals surface area contributed by atoms with Crippen LogP contribution in [0, 0.1) is 5.82 Å². The molecule has 1 N–H and O–H groups in total. The van der Waals surface area contributed by atoms with Gasteiger partial charge in [0.15, 0.2) is 0 Å². The molecule has 1 saturated heterocycles. The molecule has 28 heavy (non-hydrogen) atoms. The maximum atomic E-state index is 13.4. The van der Waals surface area contributed by atoms with E-state index in [-0.39, 0.29) is 23.7 Å². The van der Waals surface area contributed by atoms with Gasteiger partial charge in [0, 0.05) is 41.6 Å². The molecule has 1 aromatic carbocycles. The molecule has 0 aliphatic carbocycles. The third kappa shape index (κ3) is 3.72. The topological polar surface area (TPSA) is 62.3 Å². The van der Waals surface area contributed by atoms with Gasteiger partial charge in [0.05, 0.1) is 10.6 Å². The van der Waals surface area contributed by atoms with E-state index in [1.165, 1.54) is 29.7 Å². The number of aromatic nitrogens is 1. The molecule has 0 atom stereocenters. The second-order valence-electron chi connectivity index (χ2n) is 6.67. The van der Waals surface area contributed by atoms with E-state index in [4.69, 9.17) is 11.6 Å². The van der Waals surface area contributed by atoms with Crippen molar-refractivity contribution < 1.29 is 14.0 Å². The molecule has 8 heteroatoms. The van der Waals surface area contributed by atoms with Crippen LogP contribution in [0.2, 0.25) is 5.02 Å². The number of nitrogens with one attached hydrogen (secondary N) is 1. The van der Waals surface area contributed by atoms with Gasteiger partial charge in [-0.3, -0.25) is 14.6 Å². The lowest BCUT2D eigenvalue weighted by molar-refractivity contribution is 0.0703. The van der Waals surface area contributed by atoms with Gasteiger partial charge in [-0.05, 0) is 43.2 Å². The molecule has 5 nitrogen and oxygen atoms in total. The number of rotatable bonds is 3. The molecule has 4 rings (SSSR count). The maximum absolute atomic E-state index is 13.4. The van der Waals surface area contributed by atoms with Gasteiger partial charge in [-0.1, -0.05) is 11.6 Å². The zero-order valence-electron chi connectivity index (χ0n) is 14.8. The summed E-state index contributed by atoms with van der Waals surface area (Å²) in [5, 5.41) is 4.05. The highest BCUT2D eigenvalue weighted by Crippen LogP contribution is 2.36. The summed E-state index contributed by atoms with van der Waals surface area (Å²) in [7, 11) is 0. The van der Waals surface area contributed by atoms with Gasteiger partial charge in [-0.2, -0.15) is 0 Å². The second kappa shape index (κ2) is 7.85. The summed E-state index contributed by atoms with van der Waals surface area (Å²) in [4.78, 5) is 31.2. The van der Waals surface area contributed by atoms with Crippen molar-refractivity contribution in [3.8, 4) is 0 Å². The molecule has 2 aromatic heterocycles. The van der Waals surface area contributed by atoms with Crippen LogP contribution in [0.15, 0.2) is 42.7 Å². The van der Waals surface area contributed by atoms with E-state index in [9.17, 15) is 14.0 Å². The first-order valence-corrected chi connectivity index (χ1v) is 10.1. The van der Waals surface area contributed by atoms with Gasteiger partial charge in [-0.25, -0.2) is 4.39 Å². The summed E-state index contributed by atoms with van der Waals surface area (Å²) in [6.07, 6.45) is 4.47. The van der Waals surface area contributed by atoms with Crippen LogP contribution in [-0.4, -0.2) is 40.8 Å². The number of hydrogen-bond acceptors (Lipinski definition) is 4. The van der Waals surface area contributed by atoms with Gasteiger partial charge in [0.1, 0.15) is 10.7 Å². The van der Waals surface area contributed by atoms with Crippen LogP contribution < -0.4 is 5.32 Å². The average Bonchev–Trinajstić information content (AvgIpc) is 3.04. The number of thiophene rings is 1. The van der Waals surface area contributed by atoms with E-state index in [0.29, 0.717) is 51.5 Å². The SMILES string of the molecule is O=C(NC1CCN(C(=O)c2sc3cc(F)ccc3c2Cl)CC1)c1cccnc1. The Bertz CT molecular complexity index is 1030. The maximum Gasteiger partial charge on any atom is 0.265 e. The zero-order chi connectivity index (χ0) is 19.7. The van der Waals surface area contributed by atoms with Crippen molar-refractivity contribution >= 4 is 44.8 Å². The molecule has 0 radical (unpaired) electrons. The number of likely N-dealkylation sites (tertiary alicyclic amines) is 1. The van der Waals surface area contributed by atoms with E-state index in [1.807, 2.05) is 0 Å². The van der Waals surface area contributed by atoms with Crippen LogP contribution >= 0.6 is 22.9 Å². The summed E-state index contributed by atoms with van der Waals surface area (Å²) < 4.78 is 14.1. The molecule has 0 unspecified atom stereocenters. The van der Waals surface area contributed by atoms with Crippen LogP contribution in [0.3, 0.4) is 0 Å². The number of carbonyl (C=O) groups is 2. The fraction of sp³-hybridized carbons (Fsp3) is 0.250. The normalized spacial score (nSPS) is 15.0. The minimum Gasteiger partial charge on any atom is -0.349 e. The number of pyridine rings is 1. The standard InChI is InChI=1S/C20H17ClFN3O2S/c21-17-15-4-3-13(22)10-16(15)28-18(17)20(27)25-8-5-14(6-9-25)24-19(26)12-2-1-7-23-11-12/h1-4,7,10-11,14H,5-6,8-9H2,(H,24,26). The Kier molecular flexibility index (Phi) is 5.28. The summed E-state index contributed by atoms with van der Waals surface area (Å²) in [5.74, 6) is -0.661. The average molecular weight is 418 g/mol. The number of benzene rings is 1. The quantitative estimate of drug-likeness (QED) is 0.697. The Balaban J connectivity index is 1.40. The van der Waals surface area contributed by atoms with Gasteiger partial charge in [-0.15, -0.1) is 11.3 Å². The number of fused-ring (bicyclic) bond motifs is 1. The fourth-order valence-corrected chi connectivity index (χ4v) is 4.82. The molecule has 3 aromatic rings. The highest BCUT2D eigenvalue weighted by molar-refractivity contribution is 7.21. The molecule has 0 bridgehead atoms. The van der Waals surface area contributed by atoms with E-state index < -0.39 is 0 Å². The number of piperidine rings is 1. The number of amides is 2. The Morgan fingerprint density at radius 3 is 2.75 bits per heavy atom. The van der Waals surface area contributed by atoms with Crippen LogP contribution in [-0.2, 0) is 0 Å². The third-order valence-electron chi connectivity index (χ3n) is 4.83. The smallest absolute Gasteiger partial charge is 0.265 e. The van der Waals surface area contributed by atoms with E-state index >= 15 is 0 Å². The molecular formula is C20H17ClFN3O2S. The fourth-order valence-electron chi connectivity index (χ4n) is 3.31. The molecular weight excluding hydrogens is 401 g/mol. The van der Waals surface area contributed by atoms with Crippen LogP contribution in [0.1, 0.15) is 32.9 Å². The van der Waals surface area contributed by atoms with Crippen molar-refractivity contribution in [2.45, 2.75) is 18.9 Å². The van der Waals surface area contributed by atoms with E-state index in [0.717, 1.165) is 0 Å². The molecule has 1 fully saturated rings. The van der Waals surface area contributed by atoms with E-state index in [2.05, 4.69) is 10.3 Å². The van der Waals surface area contributed by atoms with Gasteiger partial charge in [0.2, 0.25) is 0 Å². The van der Waals surface area contributed by atoms with Crippen molar-refractivity contribution in [3.05, 3.63) is 64.0 Å². The Labute approximate surface area is 170 Å². The van der Waals surface area contributed by atoms with Crippen molar-refractivity contribution in [1.29, 1.82) is 0 Å². The summed E-state index contributed by atoms with van der Waals surface area (Å²) >= 11 is 7.58. The highest BCUT2D eigenvalue weighted by atomic mass is 35.5. The van der Waals surface area contributed by atoms with Crippen molar-refractivity contribution in [3.63, 3.8) is 0 Å². The zero-order valence-corrected chi connectivity index (χ0v) is 16.4.